The number of benzene rings is 2. The summed E-state index contributed by atoms with van der Waals surface area (Å²) >= 11 is 11.9. The maximum atomic E-state index is 12.5. The van der Waals surface area contributed by atoms with E-state index in [9.17, 15) is 20.1 Å². The molecule has 0 unspecified atom stereocenters. The van der Waals surface area contributed by atoms with E-state index in [1.165, 1.54) is 0 Å². The van der Waals surface area contributed by atoms with Gasteiger partial charge in [0.25, 0.3) is 0 Å². The summed E-state index contributed by atoms with van der Waals surface area (Å²) in [6.45, 7) is 3.38. The number of hydrogen-bond acceptors (Lipinski definition) is 10. The van der Waals surface area contributed by atoms with E-state index >= 15 is 0 Å². The molecule has 12 heteroatoms. The molecule has 0 heterocycles. The van der Waals surface area contributed by atoms with Crippen LogP contribution in [0.15, 0.2) is 69.7 Å². The highest BCUT2D eigenvalue weighted by atomic mass is 35.5. The molecular formula is C24H20Cl2N4O4S2. The highest BCUT2D eigenvalue weighted by molar-refractivity contribution is 8.79. The molecule has 2 aromatic carbocycles. The molecule has 0 aliphatic heterocycles. The first-order valence-corrected chi connectivity index (χ1v) is 13.3. The van der Waals surface area contributed by atoms with Gasteiger partial charge in [0.15, 0.2) is 11.1 Å². The molecule has 0 saturated heterocycles. The zero-order valence-electron chi connectivity index (χ0n) is 19.1. The molecular weight excluding hydrogens is 543 g/mol. The minimum atomic E-state index is -0.827. The van der Waals surface area contributed by atoms with Crippen LogP contribution in [0.5, 0.6) is 0 Å². The third-order valence-electron chi connectivity index (χ3n) is 4.05. The number of esters is 2. The van der Waals surface area contributed by atoms with Crippen molar-refractivity contribution >= 4 is 68.1 Å². The first-order chi connectivity index (χ1) is 17.3. The van der Waals surface area contributed by atoms with Crippen molar-refractivity contribution in [1.82, 2.24) is 0 Å². The van der Waals surface area contributed by atoms with Gasteiger partial charge in [0, 0.05) is 21.4 Å². The van der Waals surface area contributed by atoms with Crippen LogP contribution in [0.1, 0.15) is 13.8 Å². The molecule has 8 nitrogen and oxygen atoms in total. The van der Waals surface area contributed by atoms with Crippen molar-refractivity contribution < 1.29 is 19.1 Å². The van der Waals surface area contributed by atoms with E-state index in [0.717, 1.165) is 21.6 Å². The number of hydrogen-bond donors (Lipinski definition) is 2. The molecule has 0 aliphatic carbocycles. The summed E-state index contributed by atoms with van der Waals surface area (Å²) in [5.74, 6) is -1.65. The first kappa shape index (κ1) is 29.0. The molecule has 0 spiro atoms. The van der Waals surface area contributed by atoms with Gasteiger partial charge in [-0.2, -0.15) is 10.5 Å². The smallest absolute Gasteiger partial charge is 0.351 e. The molecule has 0 amide bonds. The molecule has 0 radical (unpaired) electrons. The summed E-state index contributed by atoms with van der Waals surface area (Å²) in [5.41, 5.74) is 0.512. The van der Waals surface area contributed by atoms with E-state index in [4.69, 9.17) is 32.7 Å². The summed E-state index contributed by atoms with van der Waals surface area (Å²) in [6, 6.07) is 16.9. The molecule has 0 atom stereocenters. The Labute approximate surface area is 226 Å². The highest BCUT2D eigenvalue weighted by Crippen LogP contribution is 2.40. The van der Waals surface area contributed by atoms with Gasteiger partial charge >= 0.3 is 11.9 Å². The number of halogens is 2. The zero-order valence-corrected chi connectivity index (χ0v) is 22.3. The Morgan fingerprint density at radius 1 is 0.750 bits per heavy atom. The van der Waals surface area contributed by atoms with Crippen molar-refractivity contribution in [2.45, 2.75) is 13.8 Å². The Morgan fingerprint density at radius 3 is 1.36 bits per heavy atom. The topological polar surface area (TPSA) is 124 Å². The molecule has 0 aromatic heterocycles. The monoisotopic (exact) mass is 562 g/mol. The van der Waals surface area contributed by atoms with Crippen molar-refractivity contribution in [3.8, 4) is 12.1 Å². The molecule has 36 heavy (non-hydrogen) atoms. The lowest BCUT2D eigenvalue weighted by atomic mass is 10.3. The standard InChI is InChI=1S/C24H20Cl2N4O4S2/c1-3-33-23(31)19(13-27)21(29-17-9-5-15(25)6-10-17)35-36-22(20(14-28)24(32)34-4-2)30-18-11-7-16(26)8-12-18/h5-12,29-30H,3-4H2,1-2H3/b21-19+,22-20+. The Morgan fingerprint density at radius 2 is 1.08 bits per heavy atom. The van der Waals surface area contributed by atoms with E-state index in [1.54, 1.807) is 62.4 Å². The van der Waals surface area contributed by atoms with Gasteiger partial charge in [0.2, 0.25) is 0 Å². The van der Waals surface area contributed by atoms with Crippen molar-refractivity contribution in [3.05, 3.63) is 79.8 Å². The Bertz CT molecular complexity index is 1140. The van der Waals surface area contributed by atoms with Crippen molar-refractivity contribution in [1.29, 1.82) is 10.5 Å². The molecule has 186 valence electrons. The van der Waals surface area contributed by atoms with Crippen LogP contribution in [0.3, 0.4) is 0 Å². The van der Waals surface area contributed by atoms with Crippen molar-refractivity contribution in [2.24, 2.45) is 0 Å². The van der Waals surface area contributed by atoms with Gasteiger partial charge in [-0.05, 0) is 84.0 Å². The van der Waals surface area contributed by atoms with Crippen molar-refractivity contribution in [2.75, 3.05) is 23.8 Å². The Balaban J connectivity index is 2.49. The Kier molecular flexibility index (Phi) is 12.0. The number of nitrogens with zero attached hydrogens (tertiary/aromatic N) is 2. The number of nitriles is 2. The second-order valence-electron chi connectivity index (χ2n) is 6.50. The lowest BCUT2D eigenvalue weighted by molar-refractivity contribution is -0.138. The molecule has 2 N–H and O–H groups in total. The fourth-order valence-electron chi connectivity index (χ4n) is 2.45. The molecule has 0 fully saturated rings. The molecule has 0 bridgehead atoms. The third kappa shape index (κ3) is 8.74. The molecule has 0 aliphatic rings. The van der Waals surface area contributed by atoms with E-state index in [2.05, 4.69) is 10.6 Å². The summed E-state index contributed by atoms with van der Waals surface area (Å²) in [5, 5.41) is 26.7. The highest BCUT2D eigenvalue weighted by Gasteiger charge is 2.22. The van der Waals surface area contributed by atoms with Crippen LogP contribution in [0.4, 0.5) is 11.4 Å². The first-order valence-electron chi connectivity index (χ1n) is 10.4. The van der Waals surface area contributed by atoms with Crippen LogP contribution in [0.2, 0.25) is 10.0 Å². The van der Waals surface area contributed by atoms with E-state index < -0.39 is 11.9 Å². The summed E-state index contributed by atoms with van der Waals surface area (Å²) in [4.78, 5) is 24.9. The largest absolute Gasteiger partial charge is 0.462 e. The lowest BCUT2D eigenvalue weighted by Gasteiger charge is -2.15. The van der Waals surface area contributed by atoms with E-state index in [0.29, 0.717) is 21.4 Å². The van der Waals surface area contributed by atoms with Gasteiger partial charge in [0.1, 0.15) is 22.2 Å². The maximum Gasteiger partial charge on any atom is 0.351 e. The minimum Gasteiger partial charge on any atom is -0.462 e. The normalized spacial score (nSPS) is 11.7. The average Bonchev–Trinajstić information content (AvgIpc) is 2.86. The van der Waals surface area contributed by atoms with Crippen LogP contribution in [0, 0.1) is 22.7 Å². The molecule has 2 aromatic rings. The van der Waals surface area contributed by atoms with Gasteiger partial charge in [-0.25, -0.2) is 9.59 Å². The fourth-order valence-corrected chi connectivity index (χ4v) is 4.86. The van der Waals surface area contributed by atoms with Crippen LogP contribution in [-0.2, 0) is 19.1 Å². The van der Waals surface area contributed by atoms with Crippen LogP contribution < -0.4 is 10.6 Å². The zero-order chi connectivity index (χ0) is 26.5. The fraction of sp³-hybridized carbons (Fsp3) is 0.167. The second kappa shape index (κ2) is 15.0. The van der Waals surface area contributed by atoms with Crippen LogP contribution >= 0.6 is 44.8 Å². The summed E-state index contributed by atoms with van der Waals surface area (Å²) < 4.78 is 10.0. The van der Waals surface area contributed by atoms with Crippen molar-refractivity contribution in [3.63, 3.8) is 0 Å². The number of anilines is 2. The number of ether oxygens (including phenoxy) is 2. The van der Waals surface area contributed by atoms with E-state index in [-0.39, 0.29) is 34.4 Å². The molecule has 2 rings (SSSR count). The average molecular weight is 563 g/mol. The maximum absolute atomic E-state index is 12.5. The molecule has 0 saturated carbocycles. The van der Waals surface area contributed by atoms with Crippen LogP contribution in [-0.4, -0.2) is 25.2 Å². The quantitative estimate of drug-likeness (QED) is 0.136. The van der Waals surface area contributed by atoms with Gasteiger partial charge in [-0.1, -0.05) is 23.2 Å². The number of rotatable bonds is 11. The predicted molar refractivity (Wildman–Crippen MR) is 144 cm³/mol. The number of carbonyl (C=O) groups excluding carboxylic acids is 2. The number of carbonyl (C=O) groups is 2. The van der Waals surface area contributed by atoms with E-state index in [1.807, 2.05) is 12.1 Å². The minimum absolute atomic E-state index is 0.0702. The summed E-state index contributed by atoms with van der Waals surface area (Å²) in [6.07, 6.45) is 0. The van der Waals surface area contributed by atoms with Gasteiger partial charge in [0.05, 0.1) is 13.2 Å². The Hall–Kier alpha value is -3.28. The third-order valence-corrected chi connectivity index (χ3v) is 6.83. The second-order valence-corrected chi connectivity index (χ2v) is 9.53. The predicted octanol–water partition coefficient (Wildman–Crippen LogP) is 6.50. The lowest BCUT2D eigenvalue weighted by Crippen LogP contribution is -2.13. The SMILES string of the molecule is CCOC(=O)/C(C#N)=C(\Nc1ccc(Cl)cc1)SS/C(Nc1ccc(Cl)cc1)=C(\C#N)C(=O)OCC. The van der Waals surface area contributed by atoms with Crippen LogP contribution in [0.25, 0.3) is 0 Å². The number of nitrogens with one attached hydrogen (secondary N) is 2. The van der Waals surface area contributed by atoms with Gasteiger partial charge in [-0.3, -0.25) is 0 Å². The van der Waals surface area contributed by atoms with Gasteiger partial charge in [-0.15, -0.1) is 0 Å². The van der Waals surface area contributed by atoms with Gasteiger partial charge < -0.3 is 20.1 Å². The summed E-state index contributed by atoms with van der Waals surface area (Å²) in [7, 11) is 1.88.